The number of fused-ring (bicyclic) bond motifs is 1. The van der Waals surface area contributed by atoms with E-state index in [4.69, 9.17) is 0 Å². The molecular weight excluding hydrogens is 338 g/mol. The molecule has 0 fully saturated rings. The van der Waals surface area contributed by atoms with Gasteiger partial charge in [0.2, 0.25) is 5.91 Å². The zero-order chi connectivity index (χ0) is 17.2. The Labute approximate surface area is 146 Å². The molecule has 0 aliphatic carbocycles. The van der Waals surface area contributed by atoms with Gasteiger partial charge in [0, 0.05) is 17.0 Å². The van der Waals surface area contributed by atoms with E-state index in [0.29, 0.717) is 10.5 Å². The van der Waals surface area contributed by atoms with Crippen LogP contribution in [0.4, 0.5) is 5.13 Å². The Morgan fingerprint density at radius 1 is 1.24 bits per heavy atom. The third-order valence-corrected chi connectivity index (χ3v) is 4.44. The van der Waals surface area contributed by atoms with Crippen LogP contribution in [0.25, 0.3) is 22.2 Å². The average molecular weight is 351 g/mol. The van der Waals surface area contributed by atoms with Gasteiger partial charge in [-0.3, -0.25) is 9.59 Å². The Hall–Kier alpha value is -3.26. The summed E-state index contributed by atoms with van der Waals surface area (Å²) in [6, 6.07) is 10.9. The lowest BCUT2D eigenvalue weighted by Gasteiger charge is -2.05. The van der Waals surface area contributed by atoms with Crippen LogP contribution in [0, 0.1) is 0 Å². The number of benzene rings is 1. The van der Waals surface area contributed by atoms with Crippen LogP contribution in [0.1, 0.15) is 0 Å². The second-order valence-corrected chi connectivity index (χ2v) is 6.22. The second-order valence-electron chi connectivity index (χ2n) is 5.36. The maximum absolute atomic E-state index is 12.4. The second kappa shape index (κ2) is 6.33. The lowest BCUT2D eigenvalue weighted by molar-refractivity contribution is -0.117. The van der Waals surface area contributed by atoms with Crippen molar-refractivity contribution in [2.75, 3.05) is 5.32 Å². The lowest BCUT2D eigenvalue weighted by Crippen LogP contribution is -2.29. The van der Waals surface area contributed by atoms with Crippen LogP contribution in [-0.2, 0) is 11.3 Å². The van der Waals surface area contributed by atoms with Gasteiger partial charge in [-0.2, -0.15) is 5.10 Å². The number of nitrogens with zero attached hydrogens (tertiary/aromatic N) is 3. The topological polar surface area (TPSA) is 92.7 Å². The summed E-state index contributed by atoms with van der Waals surface area (Å²) in [5.41, 5.74) is 1.34. The van der Waals surface area contributed by atoms with Gasteiger partial charge in [0.15, 0.2) is 5.13 Å². The Morgan fingerprint density at radius 3 is 2.96 bits per heavy atom. The van der Waals surface area contributed by atoms with Crippen molar-refractivity contribution in [3.05, 3.63) is 64.5 Å². The molecule has 4 rings (SSSR count). The molecule has 8 heteroatoms. The molecule has 0 unspecified atom stereocenters. The largest absolute Gasteiger partial charge is 0.360 e. The van der Waals surface area contributed by atoms with Gasteiger partial charge in [-0.05, 0) is 18.2 Å². The van der Waals surface area contributed by atoms with Crippen molar-refractivity contribution in [2.45, 2.75) is 6.54 Å². The molecule has 7 nitrogen and oxygen atoms in total. The molecule has 0 aliphatic heterocycles. The monoisotopic (exact) mass is 351 g/mol. The van der Waals surface area contributed by atoms with Crippen LogP contribution in [0.3, 0.4) is 0 Å². The first-order chi connectivity index (χ1) is 12.2. The number of nitrogens with one attached hydrogen (secondary N) is 2. The van der Waals surface area contributed by atoms with Crippen LogP contribution in [0.5, 0.6) is 0 Å². The SMILES string of the molecule is O=C(Cn1ncc2ccccc2c1=O)Nc1nc(-c2ccc[nH]2)cs1. The molecule has 0 radical (unpaired) electrons. The summed E-state index contributed by atoms with van der Waals surface area (Å²) in [4.78, 5) is 32.0. The molecule has 124 valence electrons. The van der Waals surface area contributed by atoms with E-state index in [2.05, 4.69) is 20.4 Å². The van der Waals surface area contributed by atoms with Crippen molar-refractivity contribution in [3.8, 4) is 11.4 Å². The first-order valence-electron chi connectivity index (χ1n) is 7.55. The molecule has 3 heterocycles. The lowest BCUT2D eigenvalue weighted by atomic mass is 10.2. The maximum Gasteiger partial charge on any atom is 0.275 e. The van der Waals surface area contributed by atoms with Crippen molar-refractivity contribution < 1.29 is 4.79 Å². The molecule has 0 spiro atoms. The minimum absolute atomic E-state index is 0.166. The molecule has 2 N–H and O–H groups in total. The number of hydrogen-bond acceptors (Lipinski definition) is 5. The number of carbonyl (C=O) groups excluding carboxylic acids is 1. The Morgan fingerprint density at radius 2 is 2.12 bits per heavy atom. The van der Waals surface area contributed by atoms with Gasteiger partial charge in [-0.15, -0.1) is 11.3 Å². The van der Waals surface area contributed by atoms with E-state index in [0.717, 1.165) is 21.5 Å². The number of hydrogen-bond donors (Lipinski definition) is 2. The normalized spacial score (nSPS) is 10.9. The molecule has 0 saturated carbocycles. The maximum atomic E-state index is 12.4. The Kier molecular flexibility index (Phi) is 3.87. The van der Waals surface area contributed by atoms with Crippen molar-refractivity contribution in [1.82, 2.24) is 19.7 Å². The van der Waals surface area contributed by atoms with Gasteiger partial charge in [0.05, 0.1) is 23.0 Å². The molecule has 0 aliphatic rings. The first-order valence-corrected chi connectivity index (χ1v) is 8.43. The third-order valence-electron chi connectivity index (χ3n) is 3.68. The molecule has 1 aromatic carbocycles. The van der Waals surface area contributed by atoms with Crippen molar-refractivity contribution in [1.29, 1.82) is 0 Å². The number of H-pyrrole nitrogens is 1. The average Bonchev–Trinajstić information content (AvgIpc) is 3.29. The molecule has 3 aromatic heterocycles. The molecule has 4 aromatic rings. The number of anilines is 1. The van der Waals surface area contributed by atoms with E-state index in [-0.39, 0.29) is 18.0 Å². The predicted molar refractivity (Wildman–Crippen MR) is 96.5 cm³/mol. The smallest absolute Gasteiger partial charge is 0.275 e. The first kappa shape index (κ1) is 15.3. The zero-order valence-corrected chi connectivity index (χ0v) is 13.8. The number of aromatic nitrogens is 4. The molecule has 0 bridgehead atoms. The van der Waals surface area contributed by atoms with Gasteiger partial charge < -0.3 is 10.3 Å². The quantitative estimate of drug-likeness (QED) is 0.591. The minimum Gasteiger partial charge on any atom is -0.360 e. The van der Waals surface area contributed by atoms with Crippen molar-refractivity contribution in [3.63, 3.8) is 0 Å². The highest BCUT2D eigenvalue weighted by molar-refractivity contribution is 7.14. The highest BCUT2D eigenvalue weighted by Gasteiger charge is 2.11. The fraction of sp³-hybridized carbons (Fsp3) is 0.0588. The van der Waals surface area contributed by atoms with Gasteiger partial charge in [-0.1, -0.05) is 18.2 Å². The van der Waals surface area contributed by atoms with E-state index in [1.165, 1.54) is 11.3 Å². The molecule has 0 atom stereocenters. The third kappa shape index (κ3) is 3.07. The number of rotatable bonds is 4. The van der Waals surface area contributed by atoms with Gasteiger partial charge in [0.1, 0.15) is 6.54 Å². The Balaban J connectivity index is 1.51. The summed E-state index contributed by atoms with van der Waals surface area (Å²) in [5, 5.41) is 10.4. The van der Waals surface area contributed by atoms with Gasteiger partial charge >= 0.3 is 0 Å². The van der Waals surface area contributed by atoms with Gasteiger partial charge in [-0.25, -0.2) is 9.67 Å². The van der Waals surface area contributed by atoms with Crippen LogP contribution < -0.4 is 10.9 Å². The predicted octanol–water partition coefficient (Wildman–Crippen LogP) is 2.49. The molecule has 0 saturated heterocycles. The molecular formula is C17H13N5O2S. The van der Waals surface area contributed by atoms with Crippen molar-refractivity contribution in [2.24, 2.45) is 0 Å². The summed E-state index contributed by atoms with van der Waals surface area (Å²) in [7, 11) is 0. The summed E-state index contributed by atoms with van der Waals surface area (Å²) >= 11 is 1.32. The fourth-order valence-corrected chi connectivity index (χ4v) is 3.21. The van der Waals surface area contributed by atoms with E-state index >= 15 is 0 Å². The number of thiazole rings is 1. The van der Waals surface area contributed by atoms with Crippen LogP contribution in [0.15, 0.2) is 59.0 Å². The highest BCUT2D eigenvalue weighted by Crippen LogP contribution is 2.23. The number of aromatic amines is 1. The van der Waals surface area contributed by atoms with Crippen LogP contribution in [0.2, 0.25) is 0 Å². The fourth-order valence-electron chi connectivity index (χ4n) is 2.48. The van der Waals surface area contributed by atoms with Crippen molar-refractivity contribution >= 4 is 33.1 Å². The van der Waals surface area contributed by atoms with E-state index in [1.807, 2.05) is 35.8 Å². The van der Waals surface area contributed by atoms with E-state index in [9.17, 15) is 9.59 Å². The van der Waals surface area contributed by atoms with E-state index in [1.54, 1.807) is 18.3 Å². The van der Waals surface area contributed by atoms with Crippen LogP contribution >= 0.6 is 11.3 Å². The number of carbonyl (C=O) groups is 1. The summed E-state index contributed by atoms with van der Waals surface area (Å²) in [5.74, 6) is -0.350. The molecule has 25 heavy (non-hydrogen) atoms. The highest BCUT2D eigenvalue weighted by atomic mass is 32.1. The number of amides is 1. The minimum atomic E-state index is -0.350. The standard InChI is InChI=1S/C17H13N5O2S/c23-15(21-17-20-14(10-25-17)13-6-3-7-18-13)9-22-16(24)12-5-2-1-4-11(12)8-19-22/h1-8,10,18H,9H2,(H,20,21,23). The van der Waals surface area contributed by atoms with E-state index < -0.39 is 0 Å². The van der Waals surface area contributed by atoms with Gasteiger partial charge in [0.25, 0.3) is 5.56 Å². The Bertz CT molecular complexity index is 1100. The molecule has 1 amide bonds. The van der Waals surface area contributed by atoms with Crippen LogP contribution in [-0.4, -0.2) is 25.7 Å². The zero-order valence-electron chi connectivity index (χ0n) is 13.0. The summed E-state index contributed by atoms with van der Waals surface area (Å²) in [6.07, 6.45) is 3.39. The summed E-state index contributed by atoms with van der Waals surface area (Å²) < 4.78 is 1.15. The summed E-state index contributed by atoms with van der Waals surface area (Å²) in [6.45, 7) is -0.166.